The van der Waals surface area contributed by atoms with Crippen LogP contribution in [0, 0.1) is 0 Å². The summed E-state index contributed by atoms with van der Waals surface area (Å²) in [5, 5.41) is 32.8. The minimum atomic E-state index is -4.99. The number of unbranched alkanes of at least 4 members (excludes halogenated alkanes) is 41. The largest absolute Gasteiger partial charge is 0.756 e. The Morgan fingerprint density at radius 3 is 1.01 bits per heavy atom. The molecule has 114 heavy (non-hydrogen) atoms. The van der Waals surface area contributed by atoms with E-state index in [9.17, 15) is 57.9 Å². The number of aliphatic hydroxyl groups is 2. The molecule has 8 atom stereocenters. The first-order valence-electron chi connectivity index (χ1n) is 46.4. The van der Waals surface area contributed by atoms with Gasteiger partial charge in [-0.15, -0.1) is 0 Å². The SMILES string of the molecule is CCCCCCCCCCCC(=O)CC(=O)NC(COCCC(CCCCCCC)OC(=O)CCCCCCCCCCC)COP(=O)([O-])OCCNC(=O)CCCCC(=O)NCCOP(=O)([O-])OCC(COCCC(CCCCCCC)OC(=O)CCCCCCCCCCC)NC(O)CC(O)CCCCCCCCCCC. The van der Waals surface area contributed by atoms with Crippen LogP contribution in [0.25, 0.3) is 0 Å². The topological polar surface area (TPSA) is 345 Å². The highest BCUT2D eigenvalue weighted by Gasteiger charge is 2.24. The van der Waals surface area contributed by atoms with Gasteiger partial charge in [0, 0.05) is 64.5 Å². The Labute approximate surface area is 693 Å². The van der Waals surface area contributed by atoms with Gasteiger partial charge in [0.25, 0.3) is 15.6 Å². The summed E-state index contributed by atoms with van der Waals surface area (Å²) in [7, 11) is -9.93. The van der Waals surface area contributed by atoms with E-state index in [0.717, 1.165) is 148 Å². The minimum absolute atomic E-state index is 0.00327. The van der Waals surface area contributed by atoms with Crippen molar-refractivity contribution in [2.45, 2.75) is 463 Å². The molecule has 0 aliphatic heterocycles. The van der Waals surface area contributed by atoms with Gasteiger partial charge in [-0.3, -0.25) is 43.2 Å². The first kappa shape index (κ1) is 111. The highest BCUT2D eigenvalue weighted by Crippen LogP contribution is 2.39. The van der Waals surface area contributed by atoms with Crippen molar-refractivity contribution >= 4 is 51.1 Å². The molecule has 0 spiro atoms. The quantitative estimate of drug-likeness (QED) is 0.0108. The summed E-state index contributed by atoms with van der Waals surface area (Å²) < 4.78 is 70.7. The van der Waals surface area contributed by atoms with Crippen LogP contribution in [0.4, 0.5) is 0 Å². The van der Waals surface area contributed by atoms with Crippen molar-refractivity contribution in [3.63, 3.8) is 0 Å². The first-order chi connectivity index (χ1) is 55.2. The number of ether oxygens (including phenoxy) is 4. The van der Waals surface area contributed by atoms with Gasteiger partial charge >= 0.3 is 11.9 Å². The van der Waals surface area contributed by atoms with Crippen molar-refractivity contribution in [3.05, 3.63) is 0 Å². The number of Topliss-reactive ketones (excluding diaryl/α,β-unsaturated/α-hetero) is 1. The van der Waals surface area contributed by atoms with Crippen molar-refractivity contribution < 1.29 is 94.9 Å². The predicted octanol–water partition coefficient (Wildman–Crippen LogP) is 19.3. The Morgan fingerprint density at radius 2 is 0.640 bits per heavy atom. The number of nitrogens with one attached hydrogen (secondary N) is 4. The van der Waals surface area contributed by atoms with Gasteiger partial charge in [0.15, 0.2) is 0 Å². The second-order valence-electron chi connectivity index (χ2n) is 32.0. The highest BCUT2D eigenvalue weighted by molar-refractivity contribution is 7.46. The average molecular weight is 1670 g/mol. The Kier molecular flexibility index (Phi) is 79.0. The number of phosphoric ester groups is 2. The van der Waals surface area contributed by atoms with E-state index in [-0.39, 0.29) is 102 Å². The number of esters is 2. The summed E-state index contributed by atoms with van der Waals surface area (Å²) in [5.74, 6) is -2.10. The van der Waals surface area contributed by atoms with E-state index in [2.05, 4.69) is 62.8 Å². The van der Waals surface area contributed by atoms with Crippen LogP contribution in [-0.4, -0.2) is 148 Å². The third kappa shape index (κ3) is 77.6. The molecular weight excluding hydrogens is 1490 g/mol. The Balaban J connectivity index is 5.45. The van der Waals surface area contributed by atoms with Gasteiger partial charge in [-0.25, -0.2) is 0 Å². The molecular formula is C88H170N4O20P2-2. The summed E-state index contributed by atoms with van der Waals surface area (Å²) >= 11 is 0. The van der Waals surface area contributed by atoms with Crippen LogP contribution >= 0.6 is 15.6 Å². The molecule has 0 aromatic carbocycles. The fourth-order valence-electron chi connectivity index (χ4n) is 13.7. The van der Waals surface area contributed by atoms with Crippen LogP contribution in [0.15, 0.2) is 0 Å². The summed E-state index contributed by atoms with van der Waals surface area (Å²) in [4.78, 5) is 104. The third-order valence-corrected chi connectivity index (χ3v) is 22.7. The highest BCUT2D eigenvalue weighted by atomic mass is 31.2. The number of amides is 3. The Morgan fingerprint density at radius 1 is 0.333 bits per heavy atom. The van der Waals surface area contributed by atoms with Crippen LogP contribution in [0.2, 0.25) is 0 Å². The fourth-order valence-corrected chi connectivity index (χ4v) is 15.3. The molecule has 0 saturated heterocycles. The zero-order valence-electron chi connectivity index (χ0n) is 73.1. The molecule has 0 aromatic heterocycles. The monoisotopic (exact) mass is 1670 g/mol. The number of hydrogen-bond acceptors (Lipinski definition) is 21. The van der Waals surface area contributed by atoms with E-state index in [1.165, 1.54) is 141 Å². The lowest BCUT2D eigenvalue weighted by molar-refractivity contribution is -0.227. The van der Waals surface area contributed by atoms with E-state index >= 15 is 0 Å². The lowest BCUT2D eigenvalue weighted by Gasteiger charge is -2.28. The third-order valence-electron chi connectivity index (χ3n) is 20.7. The summed E-state index contributed by atoms with van der Waals surface area (Å²) in [6, 6.07) is -1.84. The van der Waals surface area contributed by atoms with Crippen LogP contribution in [0.5, 0.6) is 0 Å². The number of phosphoric acid groups is 2. The van der Waals surface area contributed by atoms with Gasteiger partial charge in [0.2, 0.25) is 17.7 Å². The molecule has 0 aliphatic carbocycles. The van der Waals surface area contributed by atoms with E-state index in [4.69, 9.17) is 37.0 Å². The molecule has 0 heterocycles. The molecule has 0 aromatic rings. The molecule has 0 rings (SSSR count). The normalized spacial score (nSPS) is 14.3. The summed E-state index contributed by atoms with van der Waals surface area (Å²) in [6.45, 7) is 10.9. The molecule has 6 N–H and O–H groups in total. The maximum Gasteiger partial charge on any atom is 0.306 e. The van der Waals surface area contributed by atoms with Crippen LogP contribution in [-0.2, 0) is 74.9 Å². The summed E-state index contributed by atoms with van der Waals surface area (Å²) in [6.07, 6.45) is 52.3. The zero-order valence-corrected chi connectivity index (χ0v) is 74.9. The predicted molar refractivity (Wildman–Crippen MR) is 453 cm³/mol. The molecule has 0 radical (unpaired) electrons. The van der Waals surface area contributed by atoms with Crippen LogP contribution in [0.3, 0.4) is 0 Å². The van der Waals surface area contributed by atoms with E-state index in [1.54, 1.807) is 0 Å². The fraction of sp³-hybridized carbons (Fsp3) is 0.932. The van der Waals surface area contributed by atoms with Crippen molar-refractivity contribution in [1.82, 2.24) is 21.3 Å². The number of aliphatic hydroxyl groups excluding tert-OH is 2. The molecule has 0 bridgehead atoms. The lowest BCUT2D eigenvalue weighted by atomic mass is 10.0. The lowest BCUT2D eigenvalue weighted by Crippen LogP contribution is -2.45. The number of carbonyl (C=O) groups excluding carboxylic acids is 6. The standard InChI is InChI=1S/C88H172N4O20P2/c1-7-13-19-25-29-33-37-43-47-55-79(93)71-85(97)91-77(73-105-67-63-81(57-49-41-23-17-11-5)111-87(99)61-51-45-39-35-31-27-21-15-9-3)75-109-113(101,102)107-69-65-89-83(95)59-53-54-60-84(96)90-66-70-108-114(103,104)110-76-78(92-86(98)72-80(94)56-48-44-38-34-30-26-20-14-8-2)74-106-68-64-82(58-50-42-24-18-12-6)112-88(100)62-52-46-40-36-32-28-22-16-10-4/h77-79,81-82,85,91,93,97H,7-76H2,1-6H3,(H,89,95)(H,90,96)(H,92,98)(H,101,102)(H,103,104)/p-2. The van der Waals surface area contributed by atoms with Crippen molar-refractivity contribution in [2.75, 3.05) is 65.9 Å². The van der Waals surface area contributed by atoms with Crippen LogP contribution in [0.1, 0.15) is 427 Å². The number of carbonyl (C=O) groups is 6. The van der Waals surface area contributed by atoms with Gasteiger partial charge in [0.05, 0.1) is 77.5 Å². The second-order valence-corrected chi connectivity index (χ2v) is 34.8. The van der Waals surface area contributed by atoms with Gasteiger partial charge in [-0.05, 0) is 64.2 Å². The van der Waals surface area contributed by atoms with Gasteiger partial charge in [0.1, 0.15) is 24.2 Å². The Bertz CT molecular complexity index is 2350. The van der Waals surface area contributed by atoms with Crippen molar-refractivity contribution in [2.24, 2.45) is 0 Å². The molecule has 8 unspecified atom stereocenters. The maximum atomic E-state index is 13.2. The minimum Gasteiger partial charge on any atom is -0.756 e. The van der Waals surface area contributed by atoms with E-state index < -0.39 is 84.2 Å². The number of ketones is 1. The molecule has 0 aliphatic rings. The van der Waals surface area contributed by atoms with E-state index in [1.807, 2.05) is 0 Å². The Hall–Kier alpha value is -2.96. The molecule has 0 fully saturated rings. The molecule has 674 valence electrons. The molecule has 3 amide bonds. The van der Waals surface area contributed by atoms with Gasteiger partial charge in [-0.2, -0.15) is 0 Å². The van der Waals surface area contributed by atoms with E-state index in [0.29, 0.717) is 64.2 Å². The second kappa shape index (κ2) is 81.1. The molecule has 0 saturated carbocycles. The van der Waals surface area contributed by atoms with Gasteiger partial charge < -0.3 is 73.0 Å². The van der Waals surface area contributed by atoms with Crippen molar-refractivity contribution in [1.29, 1.82) is 0 Å². The zero-order chi connectivity index (χ0) is 83.9. The molecule has 26 heteroatoms. The smallest absolute Gasteiger partial charge is 0.306 e. The summed E-state index contributed by atoms with van der Waals surface area (Å²) in [5.41, 5.74) is 0. The molecule has 24 nitrogen and oxygen atoms in total. The maximum absolute atomic E-state index is 13.2. The number of hydrogen-bond donors (Lipinski definition) is 6. The van der Waals surface area contributed by atoms with Crippen molar-refractivity contribution in [3.8, 4) is 0 Å². The first-order valence-corrected chi connectivity index (χ1v) is 49.3. The average Bonchev–Trinajstić information content (AvgIpc) is 0.912. The van der Waals surface area contributed by atoms with Gasteiger partial charge in [-0.1, -0.05) is 305 Å². The number of rotatable bonds is 90. The van der Waals surface area contributed by atoms with Crippen LogP contribution < -0.4 is 31.1 Å².